The largest absolute Gasteiger partial charge is 0.296 e. The van der Waals surface area contributed by atoms with E-state index in [1.54, 1.807) is 12.4 Å². The first-order valence-corrected chi connectivity index (χ1v) is 4.23. The lowest BCUT2D eigenvalue weighted by Gasteiger charge is -2.19. The highest BCUT2D eigenvalue weighted by Crippen LogP contribution is 2.04. The standard InChI is InChI=1S/C9H15N3O/c1-9(2,3)13-12-6-8-4-10-7-11-5-8/h4-5,7,12H,6H2,1-3H3. The topological polar surface area (TPSA) is 47.0 Å². The molecule has 0 atom stereocenters. The van der Waals surface area contributed by atoms with Crippen LogP contribution in [0.1, 0.15) is 26.3 Å². The molecule has 1 N–H and O–H groups in total. The van der Waals surface area contributed by atoms with Crippen molar-refractivity contribution in [2.75, 3.05) is 0 Å². The number of hydroxylamine groups is 1. The van der Waals surface area contributed by atoms with Crippen LogP contribution in [0.25, 0.3) is 0 Å². The second-order valence-electron chi connectivity index (χ2n) is 3.78. The summed E-state index contributed by atoms with van der Waals surface area (Å²) in [6, 6.07) is 0. The van der Waals surface area contributed by atoms with Crippen molar-refractivity contribution in [1.82, 2.24) is 15.4 Å². The zero-order valence-corrected chi connectivity index (χ0v) is 8.24. The maximum absolute atomic E-state index is 5.33. The van der Waals surface area contributed by atoms with Crippen LogP contribution in [0.3, 0.4) is 0 Å². The van der Waals surface area contributed by atoms with Crippen LogP contribution in [0, 0.1) is 0 Å². The summed E-state index contributed by atoms with van der Waals surface area (Å²) in [6.45, 7) is 6.59. The summed E-state index contributed by atoms with van der Waals surface area (Å²) in [5, 5.41) is 0. The van der Waals surface area contributed by atoms with E-state index in [0.29, 0.717) is 6.54 Å². The smallest absolute Gasteiger partial charge is 0.115 e. The molecule has 0 fully saturated rings. The number of aromatic nitrogens is 2. The molecule has 0 aromatic carbocycles. The molecule has 4 heteroatoms. The maximum Gasteiger partial charge on any atom is 0.115 e. The fourth-order valence-corrected chi connectivity index (χ4v) is 0.757. The molecule has 1 heterocycles. The van der Waals surface area contributed by atoms with E-state index in [1.807, 2.05) is 20.8 Å². The summed E-state index contributed by atoms with van der Waals surface area (Å²) in [5.74, 6) is 0. The Hall–Kier alpha value is -1.00. The lowest BCUT2D eigenvalue weighted by atomic mass is 10.2. The normalized spacial score (nSPS) is 11.6. The monoisotopic (exact) mass is 181 g/mol. The van der Waals surface area contributed by atoms with Crippen LogP contribution < -0.4 is 5.48 Å². The fraction of sp³-hybridized carbons (Fsp3) is 0.556. The quantitative estimate of drug-likeness (QED) is 0.714. The van der Waals surface area contributed by atoms with Gasteiger partial charge in [-0.2, -0.15) is 5.48 Å². The van der Waals surface area contributed by atoms with Crippen molar-refractivity contribution in [1.29, 1.82) is 0 Å². The molecule has 0 amide bonds. The third kappa shape index (κ3) is 4.55. The molecule has 0 radical (unpaired) electrons. The van der Waals surface area contributed by atoms with E-state index in [0.717, 1.165) is 5.56 Å². The van der Waals surface area contributed by atoms with Gasteiger partial charge in [-0.15, -0.1) is 0 Å². The van der Waals surface area contributed by atoms with Crippen molar-refractivity contribution in [3.8, 4) is 0 Å². The van der Waals surface area contributed by atoms with Crippen LogP contribution in [0.4, 0.5) is 0 Å². The molecule has 1 aromatic rings. The molecule has 13 heavy (non-hydrogen) atoms. The zero-order chi connectivity index (χ0) is 9.73. The molecule has 0 saturated heterocycles. The molecular formula is C9H15N3O. The van der Waals surface area contributed by atoms with E-state index >= 15 is 0 Å². The van der Waals surface area contributed by atoms with Crippen LogP contribution in [0.2, 0.25) is 0 Å². The van der Waals surface area contributed by atoms with E-state index in [1.165, 1.54) is 6.33 Å². The van der Waals surface area contributed by atoms with Crippen LogP contribution in [-0.2, 0) is 11.4 Å². The van der Waals surface area contributed by atoms with Gasteiger partial charge in [0, 0.05) is 24.5 Å². The fourth-order valence-electron chi connectivity index (χ4n) is 0.757. The van der Waals surface area contributed by atoms with E-state index in [2.05, 4.69) is 15.4 Å². The molecule has 0 unspecified atom stereocenters. The van der Waals surface area contributed by atoms with Gasteiger partial charge in [-0.1, -0.05) is 0 Å². The molecule has 0 spiro atoms. The first-order valence-electron chi connectivity index (χ1n) is 4.23. The van der Waals surface area contributed by atoms with Gasteiger partial charge in [-0.05, 0) is 20.8 Å². The average molecular weight is 181 g/mol. The van der Waals surface area contributed by atoms with E-state index in [4.69, 9.17) is 4.84 Å². The summed E-state index contributed by atoms with van der Waals surface area (Å²) in [7, 11) is 0. The van der Waals surface area contributed by atoms with E-state index < -0.39 is 0 Å². The van der Waals surface area contributed by atoms with Crippen LogP contribution in [-0.4, -0.2) is 15.6 Å². The maximum atomic E-state index is 5.33. The van der Waals surface area contributed by atoms with Crippen molar-refractivity contribution >= 4 is 0 Å². The molecule has 72 valence electrons. The molecular weight excluding hydrogens is 166 g/mol. The molecule has 0 bridgehead atoms. The third-order valence-corrected chi connectivity index (χ3v) is 1.27. The van der Waals surface area contributed by atoms with Gasteiger partial charge in [0.15, 0.2) is 0 Å². The van der Waals surface area contributed by atoms with Crippen molar-refractivity contribution < 1.29 is 4.84 Å². The molecule has 0 saturated carbocycles. The Kier molecular flexibility index (Phi) is 3.33. The lowest BCUT2D eigenvalue weighted by Crippen LogP contribution is -2.28. The predicted molar refractivity (Wildman–Crippen MR) is 49.7 cm³/mol. The predicted octanol–water partition coefficient (Wildman–Crippen LogP) is 1.30. The van der Waals surface area contributed by atoms with Gasteiger partial charge in [-0.25, -0.2) is 9.97 Å². The van der Waals surface area contributed by atoms with Gasteiger partial charge in [0.2, 0.25) is 0 Å². The van der Waals surface area contributed by atoms with Crippen LogP contribution in [0.5, 0.6) is 0 Å². The Morgan fingerprint density at radius 1 is 1.31 bits per heavy atom. The summed E-state index contributed by atoms with van der Waals surface area (Å²) in [5.41, 5.74) is 3.70. The number of nitrogens with zero attached hydrogens (tertiary/aromatic N) is 2. The van der Waals surface area contributed by atoms with Gasteiger partial charge in [-0.3, -0.25) is 4.84 Å². The second kappa shape index (κ2) is 4.30. The Labute approximate surface area is 78.3 Å². The minimum atomic E-state index is -0.171. The Bertz CT molecular complexity index is 243. The minimum absolute atomic E-state index is 0.171. The van der Waals surface area contributed by atoms with Crippen molar-refractivity contribution in [2.24, 2.45) is 0 Å². The minimum Gasteiger partial charge on any atom is -0.296 e. The molecule has 0 aliphatic carbocycles. The van der Waals surface area contributed by atoms with Crippen molar-refractivity contribution in [3.05, 3.63) is 24.3 Å². The van der Waals surface area contributed by atoms with E-state index in [9.17, 15) is 0 Å². The zero-order valence-electron chi connectivity index (χ0n) is 8.24. The Morgan fingerprint density at radius 3 is 2.46 bits per heavy atom. The Morgan fingerprint density at radius 2 is 1.92 bits per heavy atom. The number of hydrogen-bond acceptors (Lipinski definition) is 4. The molecule has 0 aliphatic heterocycles. The molecule has 1 rings (SSSR count). The first kappa shape index (κ1) is 10.1. The SMILES string of the molecule is CC(C)(C)ONCc1cncnc1. The highest BCUT2D eigenvalue weighted by molar-refractivity contribution is 5.00. The molecule has 1 aromatic heterocycles. The van der Waals surface area contributed by atoms with Gasteiger partial charge in [0.25, 0.3) is 0 Å². The molecule has 0 aliphatic rings. The van der Waals surface area contributed by atoms with Crippen molar-refractivity contribution in [3.63, 3.8) is 0 Å². The summed E-state index contributed by atoms with van der Waals surface area (Å²) in [4.78, 5) is 13.1. The highest BCUT2D eigenvalue weighted by atomic mass is 16.7. The molecule has 4 nitrogen and oxygen atoms in total. The number of hydrogen-bond donors (Lipinski definition) is 1. The van der Waals surface area contributed by atoms with Crippen LogP contribution >= 0.6 is 0 Å². The summed E-state index contributed by atoms with van der Waals surface area (Å²) in [6.07, 6.45) is 5.02. The summed E-state index contributed by atoms with van der Waals surface area (Å²) < 4.78 is 0. The van der Waals surface area contributed by atoms with Gasteiger partial charge in [0.05, 0.1) is 5.60 Å². The Balaban J connectivity index is 2.29. The lowest BCUT2D eigenvalue weighted by molar-refractivity contribution is -0.0758. The van der Waals surface area contributed by atoms with Crippen LogP contribution in [0.15, 0.2) is 18.7 Å². The van der Waals surface area contributed by atoms with Gasteiger partial charge >= 0.3 is 0 Å². The van der Waals surface area contributed by atoms with Crippen molar-refractivity contribution in [2.45, 2.75) is 32.9 Å². The highest BCUT2D eigenvalue weighted by Gasteiger charge is 2.09. The van der Waals surface area contributed by atoms with Gasteiger partial charge in [0.1, 0.15) is 6.33 Å². The first-order chi connectivity index (χ1) is 6.08. The average Bonchev–Trinajstić information content (AvgIpc) is 2.04. The van der Waals surface area contributed by atoms with Gasteiger partial charge < -0.3 is 0 Å². The summed E-state index contributed by atoms with van der Waals surface area (Å²) >= 11 is 0. The third-order valence-electron chi connectivity index (χ3n) is 1.27. The number of nitrogens with one attached hydrogen (secondary N) is 1. The number of rotatable bonds is 3. The van der Waals surface area contributed by atoms with E-state index in [-0.39, 0.29) is 5.60 Å². The second-order valence-corrected chi connectivity index (χ2v) is 3.78.